The number of nitrogens with one attached hydrogen (secondary N) is 1. The van der Waals surface area contributed by atoms with Crippen molar-refractivity contribution in [3.05, 3.63) is 104 Å². The summed E-state index contributed by atoms with van der Waals surface area (Å²) in [7, 11) is 0. The van der Waals surface area contributed by atoms with E-state index in [9.17, 15) is 22.4 Å². The van der Waals surface area contributed by atoms with Gasteiger partial charge in [0.25, 0.3) is 5.56 Å². The highest BCUT2D eigenvalue weighted by atomic mass is 19.2. The van der Waals surface area contributed by atoms with E-state index in [-0.39, 0.29) is 11.5 Å². The number of fused-ring (bicyclic) bond motifs is 2. The van der Waals surface area contributed by atoms with Gasteiger partial charge in [0.05, 0.1) is 11.3 Å². The van der Waals surface area contributed by atoms with E-state index in [0.717, 1.165) is 55.0 Å². The van der Waals surface area contributed by atoms with Crippen LogP contribution in [-0.4, -0.2) is 44.0 Å². The molecule has 4 heterocycles. The monoisotopic (exact) mass is 525 g/mol. The summed E-state index contributed by atoms with van der Waals surface area (Å²) >= 11 is 0. The summed E-state index contributed by atoms with van der Waals surface area (Å²) < 4.78 is 55.4. The molecule has 0 saturated carbocycles. The first kappa shape index (κ1) is 24.8. The molecular formula is C28H27F4N5O. The molecule has 0 radical (unpaired) electrons. The molecule has 1 saturated heterocycles. The number of H-pyrrole nitrogens is 1. The summed E-state index contributed by atoms with van der Waals surface area (Å²) in [4.78, 5) is 22.4. The zero-order chi connectivity index (χ0) is 26.4. The van der Waals surface area contributed by atoms with Crippen LogP contribution < -0.4 is 5.56 Å². The molecule has 2 aliphatic rings. The molecule has 10 heteroatoms. The lowest BCUT2D eigenvalue weighted by Crippen LogP contribution is -2.36. The number of piperidine rings is 1. The van der Waals surface area contributed by atoms with Crippen LogP contribution in [0.5, 0.6) is 0 Å². The Labute approximate surface area is 216 Å². The van der Waals surface area contributed by atoms with Gasteiger partial charge in [-0.05, 0) is 54.8 Å². The van der Waals surface area contributed by atoms with E-state index in [4.69, 9.17) is 4.98 Å². The summed E-state index contributed by atoms with van der Waals surface area (Å²) in [6, 6.07) is 9.80. The number of hydrogen-bond acceptors (Lipinski definition) is 4. The lowest BCUT2D eigenvalue weighted by Gasteiger charge is -2.32. The van der Waals surface area contributed by atoms with Gasteiger partial charge < -0.3 is 0 Å². The first-order valence-electron chi connectivity index (χ1n) is 12.8. The van der Waals surface area contributed by atoms with Crippen LogP contribution in [0.4, 0.5) is 17.6 Å². The van der Waals surface area contributed by atoms with E-state index >= 15 is 0 Å². The minimum Gasteiger partial charge on any atom is -0.298 e. The number of halogens is 4. The normalized spacial score (nSPS) is 18.7. The van der Waals surface area contributed by atoms with E-state index in [1.54, 1.807) is 12.1 Å². The highest BCUT2D eigenvalue weighted by Crippen LogP contribution is 2.28. The molecule has 1 atom stereocenters. The Kier molecular flexibility index (Phi) is 6.53. The second kappa shape index (κ2) is 9.99. The number of likely N-dealkylation sites (tertiary alicyclic amines) is 1. The zero-order valence-electron chi connectivity index (χ0n) is 20.7. The Morgan fingerprint density at radius 2 is 1.55 bits per heavy atom. The largest absolute Gasteiger partial charge is 0.298 e. The van der Waals surface area contributed by atoms with Gasteiger partial charge in [0, 0.05) is 56.8 Å². The van der Waals surface area contributed by atoms with Crippen LogP contribution >= 0.6 is 0 Å². The average molecular weight is 526 g/mol. The molecule has 0 amide bonds. The van der Waals surface area contributed by atoms with Crippen molar-refractivity contribution in [2.24, 2.45) is 0 Å². The summed E-state index contributed by atoms with van der Waals surface area (Å²) in [5, 5.41) is 3.26. The predicted molar refractivity (Wildman–Crippen MR) is 134 cm³/mol. The van der Waals surface area contributed by atoms with Gasteiger partial charge >= 0.3 is 0 Å². The quantitative estimate of drug-likeness (QED) is 0.390. The van der Waals surface area contributed by atoms with Crippen LogP contribution in [0.15, 0.2) is 47.3 Å². The molecule has 0 spiro atoms. The van der Waals surface area contributed by atoms with E-state index in [1.165, 1.54) is 16.6 Å². The standard InChI is InChI=1S/C28H27F4N5O/c29-21-5-3-17(10-23(21)31)13-35-8-1-2-19(15-35)26-12-27-33-25-7-9-36(16-20(25)28(38)37(27)34-26)14-18-4-6-22(30)24(32)11-18/h3-6,10-12,19,34H,1-2,7-9,13-16H2/t19-/m0/s1. The minimum atomic E-state index is -0.881. The van der Waals surface area contributed by atoms with E-state index in [1.807, 2.05) is 11.0 Å². The third kappa shape index (κ3) is 4.86. The van der Waals surface area contributed by atoms with Crippen molar-refractivity contribution in [1.29, 1.82) is 0 Å². The van der Waals surface area contributed by atoms with Gasteiger partial charge in [-0.2, -0.15) is 0 Å². The molecule has 0 unspecified atom stereocenters. The SMILES string of the molecule is O=c1c2c(nc3cc([C@H]4CCCN(Cc5ccc(F)c(F)c5)C4)[nH]n13)CCN(Cc1ccc(F)c(F)c1)C2. The van der Waals surface area contributed by atoms with Crippen molar-refractivity contribution in [2.45, 2.75) is 44.8 Å². The fourth-order valence-electron chi connectivity index (χ4n) is 5.65. The highest BCUT2D eigenvalue weighted by Gasteiger charge is 2.26. The molecule has 1 N–H and O–H groups in total. The third-order valence-corrected chi connectivity index (χ3v) is 7.59. The maximum Gasteiger partial charge on any atom is 0.277 e. The average Bonchev–Trinajstić information content (AvgIpc) is 3.34. The molecular weight excluding hydrogens is 498 g/mol. The molecule has 0 aliphatic carbocycles. The molecule has 2 aliphatic heterocycles. The molecule has 4 aromatic rings. The molecule has 1 fully saturated rings. The second-order valence-electron chi connectivity index (χ2n) is 10.3. The van der Waals surface area contributed by atoms with Gasteiger partial charge in [0.15, 0.2) is 28.9 Å². The Morgan fingerprint density at radius 1 is 0.868 bits per heavy atom. The van der Waals surface area contributed by atoms with Crippen molar-refractivity contribution >= 4 is 5.65 Å². The van der Waals surface area contributed by atoms with Crippen LogP contribution in [0.3, 0.4) is 0 Å². The predicted octanol–water partition coefficient (Wildman–Crippen LogP) is 4.52. The molecule has 198 valence electrons. The number of hydrogen-bond donors (Lipinski definition) is 1. The molecule has 0 bridgehead atoms. The number of rotatable bonds is 5. The number of benzene rings is 2. The topological polar surface area (TPSA) is 56.6 Å². The van der Waals surface area contributed by atoms with Crippen molar-refractivity contribution in [3.63, 3.8) is 0 Å². The van der Waals surface area contributed by atoms with Crippen molar-refractivity contribution in [2.75, 3.05) is 19.6 Å². The van der Waals surface area contributed by atoms with Gasteiger partial charge in [-0.15, -0.1) is 0 Å². The molecule has 6 rings (SSSR count). The summed E-state index contributed by atoms with van der Waals surface area (Å²) in [6.45, 7) is 3.55. The van der Waals surface area contributed by atoms with Gasteiger partial charge in [-0.25, -0.2) is 27.1 Å². The third-order valence-electron chi connectivity index (χ3n) is 7.59. The number of aromatic nitrogens is 3. The summed E-state index contributed by atoms with van der Waals surface area (Å²) in [5.41, 5.74) is 4.09. The highest BCUT2D eigenvalue weighted by molar-refractivity contribution is 5.43. The first-order chi connectivity index (χ1) is 18.3. The Balaban J connectivity index is 1.20. The molecule has 2 aromatic carbocycles. The minimum absolute atomic E-state index is 0.150. The van der Waals surface area contributed by atoms with Gasteiger partial charge in [0.2, 0.25) is 0 Å². The lowest BCUT2D eigenvalue weighted by atomic mass is 9.94. The molecule has 2 aromatic heterocycles. The Morgan fingerprint density at radius 3 is 2.24 bits per heavy atom. The van der Waals surface area contributed by atoms with Crippen LogP contribution in [0, 0.1) is 23.3 Å². The van der Waals surface area contributed by atoms with Crippen molar-refractivity contribution in [1.82, 2.24) is 24.4 Å². The fourth-order valence-corrected chi connectivity index (χ4v) is 5.65. The Bertz CT molecular complexity index is 1570. The van der Waals surface area contributed by atoms with Gasteiger partial charge in [-0.1, -0.05) is 12.1 Å². The number of nitrogens with zero attached hydrogens (tertiary/aromatic N) is 4. The van der Waals surface area contributed by atoms with E-state index < -0.39 is 23.3 Å². The summed E-state index contributed by atoms with van der Waals surface area (Å²) in [6.07, 6.45) is 2.48. The van der Waals surface area contributed by atoms with Crippen LogP contribution in [-0.2, 0) is 26.1 Å². The maximum atomic E-state index is 13.7. The van der Waals surface area contributed by atoms with Gasteiger partial charge in [0.1, 0.15) is 0 Å². The van der Waals surface area contributed by atoms with Crippen molar-refractivity contribution in [3.8, 4) is 0 Å². The van der Waals surface area contributed by atoms with Crippen LogP contribution in [0.2, 0.25) is 0 Å². The maximum absolute atomic E-state index is 13.7. The van der Waals surface area contributed by atoms with E-state index in [0.29, 0.717) is 49.4 Å². The molecule has 38 heavy (non-hydrogen) atoms. The Hall–Kier alpha value is -3.50. The van der Waals surface area contributed by atoms with E-state index in [2.05, 4.69) is 10.00 Å². The zero-order valence-corrected chi connectivity index (χ0v) is 20.7. The van der Waals surface area contributed by atoms with Crippen LogP contribution in [0.1, 0.15) is 46.8 Å². The first-order valence-corrected chi connectivity index (χ1v) is 12.8. The summed E-state index contributed by atoms with van der Waals surface area (Å²) in [5.74, 6) is -3.30. The lowest BCUT2D eigenvalue weighted by molar-refractivity contribution is 0.198. The smallest absolute Gasteiger partial charge is 0.277 e. The molecule has 6 nitrogen and oxygen atoms in total. The fraction of sp³-hybridized carbons (Fsp3) is 0.357. The van der Waals surface area contributed by atoms with Crippen molar-refractivity contribution < 1.29 is 17.6 Å². The van der Waals surface area contributed by atoms with Crippen LogP contribution in [0.25, 0.3) is 5.65 Å². The number of aromatic amines is 1. The van der Waals surface area contributed by atoms with Gasteiger partial charge in [-0.3, -0.25) is 19.7 Å². The second-order valence-corrected chi connectivity index (χ2v) is 10.3.